The Bertz CT molecular complexity index is 447. The molecule has 3 N–H and O–H groups in total. The summed E-state index contributed by atoms with van der Waals surface area (Å²) < 4.78 is 43.0. The molecule has 1 aromatic carbocycles. The van der Waals surface area contributed by atoms with Gasteiger partial charge in [0.25, 0.3) is 0 Å². The molecule has 1 atom stereocenters. The molecule has 0 saturated carbocycles. The van der Waals surface area contributed by atoms with E-state index in [1.165, 1.54) is 18.2 Å². The summed E-state index contributed by atoms with van der Waals surface area (Å²) in [6.07, 6.45) is -4.30. The maximum Gasteiger partial charge on any atom is 0.419 e. The fourth-order valence-electron chi connectivity index (χ4n) is 1.54. The monoisotopic (exact) mass is 290 g/mol. The fraction of sp³-hybridized carbons (Fsp3) is 0.462. The Balaban J connectivity index is 2.45. The predicted octanol–water partition coefficient (Wildman–Crippen LogP) is 1.94. The maximum atomic E-state index is 12.7. The van der Waals surface area contributed by atoms with Crippen LogP contribution in [0.2, 0.25) is 0 Å². The third-order valence-corrected chi connectivity index (χ3v) is 2.38. The van der Waals surface area contributed by atoms with Gasteiger partial charge in [0.05, 0.1) is 12.1 Å². The number of nitrogens with one attached hydrogen (secondary N) is 1. The van der Waals surface area contributed by atoms with E-state index in [-0.39, 0.29) is 37.3 Å². The highest BCUT2D eigenvalue weighted by molar-refractivity contribution is 5.76. The second-order valence-corrected chi connectivity index (χ2v) is 4.37. The van der Waals surface area contributed by atoms with Crippen LogP contribution in [0.15, 0.2) is 24.3 Å². The van der Waals surface area contributed by atoms with Gasteiger partial charge in [0, 0.05) is 12.5 Å². The molecule has 0 saturated heterocycles. The lowest BCUT2D eigenvalue weighted by Gasteiger charge is -2.14. The van der Waals surface area contributed by atoms with Gasteiger partial charge in [-0.15, -0.1) is 0 Å². The Morgan fingerprint density at radius 3 is 2.65 bits per heavy atom. The van der Waals surface area contributed by atoms with Gasteiger partial charge in [-0.2, -0.15) is 13.2 Å². The molecule has 7 heteroatoms. The van der Waals surface area contributed by atoms with Crippen LogP contribution in [-0.2, 0) is 11.0 Å². The molecule has 1 unspecified atom stereocenters. The van der Waals surface area contributed by atoms with Crippen molar-refractivity contribution >= 4 is 5.91 Å². The second kappa shape index (κ2) is 7.14. The van der Waals surface area contributed by atoms with Gasteiger partial charge in [0.1, 0.15) is 12.4 Å². The van der Waals surface area contributed by atoms with Gasteiger partial charge in [-0.05, 0) is 19.1 Å². The Hall–Kier alpha value is -1.76. The number of ether oxygens (including phenoxy) is 1. The van der Waals surface area contributed by atoms with Crippen LogP contribution in [0.5, 0.6) is 5.75 Å². The highest BCUT2D eigenvalue weighted by Crippen LogP contribution is 2.35. The average Bonchev–Trinajstić information content (AvgIpc) is 2.33. The van der Waals surface area contributed by atoms with Crippen LogP contribution in [0.3, 0.4) is 0 Å². The minimum absolute atomic E-state index is 0.0439. The van der Waals surface area contributed by atoms with Gasteiger partial charge in [-0.1, -0.05) is 12.1 Å². The number of hydrogen-bond donors (Lipinski definition) is 2. The van der Waals surface area contributed by atoms with Crippen LogP contribution in [0.4, 0.5) is 13.2 Å². The molecule has 0 aliphatic rings. The van der Waals surface area contributed by atoms with Crippen LogP contribution in [-0.4, -0.2) is 25.1 Å². The molecule has 0 aliphatic carbocycles. The van der Waals surface area contributed by atoms with Crippen molar-refractivity contribution in [3.63, 3.8) is 0 Å². The smallest absolute Gasteiger partial charge is 0.419 e. The topological polar surface area (TPSA) is 64.4 Å². The number of benzene rings is 1. The number of alkyl halides is 3. The number of halogens is 3. The zero-order valence-corrected chi connectivity index (χ0v) is 11.0. The van der Waals surface area contributed by atoms with Crippen LogP contribution in [0.1, 0.15) is 18.9 Å². The number of hydrogen-bond acceptors (Lipinski definition) is 3. The Morgan fingerprint density at radius 1 is 1.40 bits per heavy atom. The van der Waals surface area contributed by atoms with Gasteiger partial charge in [-0.3, -0.25) is 4.79 Å². The lowest BCUT2D eigenvalue weighted by Crippen LogP contribution is -2.32. The molecule has 1 rings (SSSR count). The summed E-state index contributed by atoms with van der Waals surface area (Å²) in [7, 11) is 0. The van der Waals surface area contributed by atoms with Gasteiger partial charge in [0.15, 0.2) is 0 Å². The highest BCUT2D eigenvalue weighted by Gasteiger charge is 2.33. The minimum atomic E-state index is -4.46. The van der Waals surface area contributed by atoms with E-state index in [4.69, 9.17) is 10.5 Å². The van der Waals surface area contributed by atoms with Crippen LogP contribution < -0.4 is 15.8 Å². The van der Waals surface area contributed by atoms with E-state index < -0.39 is 11.7 Å². The summed E-state index contributed by atoms with van der Waals surface area (Å²) in [4.78, 5) is 11.3. The minimum Gasteiger partial charge on any atom is -0.491 e. The SMILES string of the molecule is CC(N)CC(=O)NCCOc1ccccc1C(F)(F)F. The second-order valence-electron chi connectivity index (χ2n) is 4.37. The van der Waals surface area contributed by atoms with E-state index in [0.717, 1.165) is 6.07 Å². The first kappa shape index (κ1) is 16.3. The Kier molecular flexibility index (Phi) is 5.82. The number of para-hydroxylation sites is 1. The molecule has 1 amide bonds. The molecule has 112 valence electrons. The zero-order chi connectivity index (χ0) is 15.2. The molecule has 0 radical (unpaired) electrons. The standard InChI is InChI=1S/C13H17F3N2O2/c1-9(17)8-12(19)18-6-7-20-11-5-3-2-4-10(11)13(14,15)16/h2-5,9H,6-8,17H2,1H3,(H,18,19). The van der Waals surface area contributed by atoms with E-state index in [1.54, 1.807) is 6.92 Å². The Labute approximate surface area is 115 Å². The summed E-state index contributed by atoms with van der Waals surface area (Å²) in [5.74, 6) is -0.505. The maximum absolute atomic E-state index is 12.7. The van der Waals surface area contributed by atoms with Crippen molar-refractivity contribution in [3.05, 3.63) is 29.8 Å². The fourth-order valence-corrected chi connectivity index (χ4v) is 1.54. The Morgan fingerprint density at radius 2 is 2.05 bits per heavy atom. The number of nitrogens with two attached hydrogens (primary N) is 1. The summed E-state index contributed by atoms with van der Waals surface area (Å²) in [5.41, 5.74) is 4.61. The van der Waals surface area contributed by atoms with E-state index in [1.807, 2.05) is 0 Å². The lowest BCUT2D eigenvalue weighted by molar-refractivity contribution is -0.139. The van der Waals surface area contributed by atoms with Crippen LogP contribution >= 0.6 is 0 Å². The summed E-state index contributed by atoms with van der Waals surface area (Å²) in [6.45, 7) is 1.77. The first-order valence-corrected chi connectivity index (χ1v) is 6.12. The molecule has 20 heavy (non-hydrogen) atoms. The number of carbonyl (C=O) groups excluding carboxylic acids is 1. The lowest BCUT2D eigenvalue weighted by atomic mass is 10.2. The van der Waals surface area contributed by atoms with Crippen molar-refractivity contribution < 1.29 is 22.7 Å². The number of carbonyl (C=O) groups is 1. The molecule has 0 aromatic heterocycles. The summed E-state index contributed by atoms with van der Waals surface area (Å²) in [5, 5.41) is 2.52. The van der Waals surface area contributed by atoms with Crippen LogP contribution in [0, 0.1) is 0 Å². The third-order valence-electron chi connectivity index (χ3n) is 2.38. The molecular weight excluding hydrogens is 273 g/mol. The van der Waals surface area contributed by atoms with Crippen molar-refractivity contribution in [2.45, 2.75) is 25.6 Å². The van der Waals surface area contributed by atoms with Crippen molar-refractivity contribution in [2.24, 2.45) is 5.73 Å². The molecule has 0 heterocycles. The molecular formula is C13H17F3N2O2. The largest absolute Gasteiger partial charge is 0.491 e. The normalized spacial score (nSPS) is 12.8. The first-order valence-electron chi connectivity index (χ1n) is 6.12. The average molecular weight is 290 g/mol. The zero-order valence-electron chi connectivity index (χ0n) is 11.0. The van der Waals surface area contributed by atoms with Crippen molar-refractivity contribution in [3.8, 4) is 5.75 Å². The summed E-state index contributed by atoms with van der Waals surface area (Å²) >= 11 is 0. The molecule has 0 aliphatic heterocycles. The highest BCUT2D eigenvalue weighted by atomic mass is 19.4. The van der Waals surface area contributed by atoms with Crippen molar-refractivity contribution in [1.29, 1.82) is 0 Å². The van der Waals surface area contributed by atoms with Gasteiger partial charge >= 0.3 is 6.18 Å². The van der Waals surface area contributed by atoms with E-state index in [9.17, 15) is 18.0 Å². The molecule has 0 spiro atoms. The number of rotatable bonds is 6. The molecule has 0 fully saturated rings. The number of amides is 1. The van der Waals surface area contributed by atoms with Crippen molar-refractivity contribution in [2.75, 3.05) is 13.2 Å². The van der Waals surface area contributed by atoms with Gasteiger partial charge < -0.3 is 15.8 Å². The van der Waals surface area contributed by atoms with E-state index >= 15 is 0 Å². The molecule has 0 bridgehead atoms. The quantitative estimate of drug-likeness (QED) is 0.787. The molecule has 1 aromatic rings. The van der Waals surface area contributed by atoms with Crippen LogP contribution in [0.25, 0.3) is 0 Å². The van der Waals surface area contributed by atoms with E-state index in [0.29, 0.717) is 0 Å². The third kappa shape index (κ3) is 5.48. The van der Waals surface area contributed by atoms with E-state index in [2.05, 4.69) is 5.32 Å². The first-order chi connectivity index (χ1) is 9.30. The van der Waals surface area contributed by atoms with Gasteiger partial charge in [0.2, 0.25) is 5.91 Å². The molecule has 4 nitrogen and oxygen atoms in total. The van der Waals surface area contributed by atoms with Crippen molar-refractivity contribution in [1.82, 2.24) is 5.32 Å². The summed E-state index contributed by atoms with van der Waals surface area (Å²) in [6, 6.07) is 4.68. The predicted molar refractivity (Wildman–Crippen MR) is 68.2 cm³/mol. The van der Waals surface area contributed by atoms with Gasteiger partial charge in [-0.25, -0.2) is 0 Å².